The van der Waals surface area contributed by atoms with E-state index >= 15 is 0 Å². The smallest absolute Gasteiger partial charge is 0.270 e. The number of hydrogen-bond donors (Lipinski definition) is 2. The predicted molar refractivity (Wildman–Crippen MR) is 104 cm³/mol. The van der Waals surface area contributed by atoms with Gasteiger partial charge in [0.05, 0.1) is 6.04 Å². The molecule has 0 saturated heterocycles. The maximum Gasteiger partial charge on any atom is 0.270 e. The topological polar surface area (TPSA) is 101 Å². The number of anilines is 1. The lowest BCUT2D eigenvalue weighted by Gasteiger charge is -2.19. The SMILES string of the molecule is CC(=O)Nc1nnc(S(=O)(=O)N[C@H](c2ccccc2)c2ccc(C)cc2)s1. The van der Waals surface area contributed by atoms with Crippen LogP contribution in [0.2, 0.25) is 0 Å². The number of carbonyl (C=O) groups excluding carboxylic acids is 1. The second-order valence-corrected chi connectivity index (χ2v) is 8.80. The Hall–Kier alpha value is -2.62. The van der Waals surface area contributed by atoms with Crippen LogP contribution in [0.3, 0.4) is 0 Å². The Bertz CT molecular complexity index is 1030. The Balaban J connectivity index is 1.94. The van der Waals surface area contributed by atoms with E-state index in [9.17, 15) is 13.2 Å². The van der Waals surface area contributed by atoms with Crippen LogP contribution in [-0.2, 0) is 14.8 Å². The fourth-order valence-electron chi connectivity index (χ4n) is 2.46. The van der Waals surface area contributed by atoms with Crippen molar-refractivity contribution < 1.29 is 13.2 Å². The fourth-order valence-corrected chi connectivity index (χ4v) is 4.63. The standard InChI is InChI=1S/C18H18N4O3S2/c1-12-8-10-15(11-9-12)16(14-6-4-3-5-7-14)22-27(24,25)18-21-20-17(26-18)19-13(2)23/h3-11,16,22H,1-2H3,(H,19,20,23)/t16-/m1/s1. The average molecular weight is 403 g/mol. The van der Waals surface area contributed by atoms with Crippen molar-refractivity contribution in [1.82, 2.24) is 14.9 Å². The molecular formula is C18H18N4O3S2. The van der Waals surface area contributed by atoms with Crippen LogP contribution < -0.4 is 10.0 Å². The molecule has 27 heavy (non-hydrogen) atoms. The maximum absolute atomic E-state index is 12.8. The summed E-state index contributed by atoms with van der Waals surface area (Å²) < 4.78 is 28.2. The first-order valence-corrected chi connectivity index (χ1v) is 10.4. The first-order valence-electron chi connectivity index (χ1n) is 8.10. The van der Waals surface area contributed by atoms with E-state index in [0.717, 1.165) is 28.0 Å². The van der Waals surface area contributed by atoms with Gasteiger partial charge in [0, 0.05) is 6.92 Å². The minimum atomic E-state index is -3.94. The summed E-state index contributed by atoms with van der Waals surface area (Å²) in [5, 5.41) is 9.97. The fraction of sp³-hybridized carbons (Fsp3) is 0.167. The van der Waals surface area contributed by atoms with Crippen LogP contribution in [0, 0.1) is 6.92 Å². The summed E-state index contributed by atoms with van der Waals surface area (Å²) in [6, 6.07) is 16.3. The van der Waals surface area contributed by atoms with Crippen molar-refractivity contribution in [2.75, 3.05) is 5.32 Å². The summed E-state index contributed by atoms with van der Waals surface area (Å²) in [5.41, 5.74) is 2.69. The van der Waals surface area contributed by atoms with Crippen LogP contribution in [0.1, 0.15) is 29.7 Å². The zero-order valence-corrected chi connectivity index (χ0v) is 16.3. The lowest BCUT2D eigenvalue weighted by Crippen LogP contribution is -2.29. The van der Waals surface area contributed by atoms with Gasteiger partial charge >= 0.3 is 0 Å². The number of aryl methyl sites for hydroxylation is 1. The third kappa shape index (κ3) is 4.76. The van der Waals surface area contributed by atoms with E-state index in [1.54, 1.807) is 0 Å². The number of nitrogens with one attached hydrogen (secondary N) is 2. The molecule has 1 aromatic heterocycles. The largest absolute Gasteiger partial charge is 0.301 e. The number of sulfonamides is 1. The molecule has 0 aliphatic heterocycles. The van der Waals surface area contributed by atoms with Crippen molar-refractivity contribution in [3.8, 4) is 0 Å². The van der Waals surface area contributed by atoms with Gasteiger partial charge in [-0.2, -0.15) is 4.72 Å². The molecule has 1 amide bonds. The number of rotatable bonds is 6. The van der Waals surface area contributed by atoms with Crippen molar-refractivity contribution in [2.24, 2.45) is 0 Å². The molecular weight excluding hydrogens is 384 g/mol. The van der Waals surface area contributed by atoms with E-state index in [2.05, 4.69) is 20.2 Å². The van der Waals surface area contributed by atoms with Crippen molar-refractivity contribution in [2.45, 2.75) is 24.2 Å². The third-order valence-corrected chi connectivity index (χ3v) is 6.36. The highest BCUT2D eigenvalue weighted by molar-refractivity contribution is 7.91. The summed E-state index contributed by atoms with van der Waals surface area (Å²) in [4.78, 5) is 11.1. The van der Waals surface area contributed by atoms with Gasteiger partial charge in [-0.15, -0.1) is 10.2 Å². The van der Waals surface area contributed by atoms with Crippen LogP contribution in [-0.4, -0.2) is 24.5 Å². The highest BCUT2D eigenvalue weighted by Crippen LogP contribution is 2.27. The summed E-state index contributed by atoms with van der Waals surface area (Å²) in [7, 11) is -3.94. The first kappa shape index (κ1) is 19.2. The number of carbonyl (C=O) groups is 1. The molecule has 1 atom stereocenters. The van der Waals surface area contributed by atoms with Crippen LogP contribution in [0.5, 0.6) is 0 Å². The van der Waals surface area contributed by atoms with Gasteiger partial charge in [0.2, 0.25) is 15.4 Å². The van der Waals surface area contributed by atoms with E-state index in [4.69, 9.17) is 0 Å². The van der Waals surface area contributed by atoms with E-state index in [-0.39, 0.29) is 15.4 Å². The maximum atomic E-state index is 12.8. The monoisotopic (exact) mass is 402 g/mol. The summed E-state index contributed by atoms with van der Waals surface area (Å²) in [6.45, 7) is 3.28. The Morgan fingerprint density at radius 2 is 1.63 bits per heavy atom. The van der Waals surface area contributed by atoms with Gasteiger partial charge in [0.1, 0.15) is 0 Å². The minimum absolute atomic E-state index is 0.134. The molecule has 0 bridgehead atoms. The molecule has 2 aromatic carbocycles. The Kier molecular flexibility index (Phi) is 5.64. The normalized spacial score (nSPS) is 12.5. The highest BCUT2D eigenvalue weighted by Gasteiger charge is 2.26. The van der Waals surface area contributed by atoms with Crippen LogP contribution in [0.15, 0.2) is 58.9 Å². The van der Waals surface area contributed by atoms with Crippen molar-refractivity contribution in [3.63, 3.8) is 0 Å². The van der Waals surface area contributed by atoms with E-state index in [1.807, 2.05) is 61.5 Å². The number of amides is 1. The molecule has 0 radical (unpaired) electrons. The minimum Gasteiger partial charge on any atom is -0.301 e. The number of hydrogen-bond acceptors (Lipinski definition) is 6. The third-order valence-electron chi connectivity index (χ3n) is 3.74. The molecule has 0 spiro atoms. The van der Waals surface area contributed by atoms with E-state index in [1.165, 1.54) is 6.92 Å². The number of benzene rings is 2. The van der Waals surface area contributed by atoms with Gasteiger partial charge in [-0.25, -0.2) is 8.42 Å². The van der Waals surface area contributed by atoms with E-state index in [0.29, 0.717) is 0 Å². The molecule has 0 fully saturated rings. The van der Waals surface area contributed by atoms with Gasteiger partial charge in [0.25, 0.3) is 10.0 Å². The highest BCUT2D eigenvalue weighted by atomic mass is 32.2. The summed E-state index contributed by atoms with van der Waals surface area (Å²) in [6.07, 6.45) is 0. The molecule has 2 N–H and O–H groups in total. The zero-order valence-electron chi connectivity index (χ0n) is 14.7. The molecule has 140 valence electrons. The van der Waals surface area contributed by atoms with Gasteiger partial charge in [-0.1, -0.05) is 71.5 Å². The lowest BCUT2D eigenvalue weighted by atomic mass is 9.99. The number of aromatic nitrogens is 2. The molecule has 3 aromatic rings. The van der Waals surface area contributed by atoms with Crippen molar-refractivity contribution in [1.29, 1.82) is 0 Å². The van der Waals surface area contributed by atoms with Gasteiger partial charge < -0.3 is 5.32 Å². The quantitative estimate of drug-likeness (QED) is 0.618. The predicted octanol–water partition coefficient (Wildman–Crippen LogP) is 2.87. The zero-order chi connectivity index (χ0) is 19.4. The molecule has 1 heterocycles. The Morgan fingerprint density at radius 3 is 2.26 bits per heavy atom. The van der Waals surface area contributed by atoms with E-state index < -0.39 is 16.1 Å². The van der Waals surface area contributed by atoms with Crippen LogP contribution >= 0.6 is 11.3 Å². The second-order valence-electron chi connectivity index (χ2n) is 5.93. The molecule has 3 rings (SSSR count). The average Bonchev–Trinajstić information content (AvgIpc) is 3.10. The molecule has 9 heteroatoms. The van der Waals surface area contributed by atoms with Crippen molar-refractivity contribution >= 4 is 32.4 Å². The van der Waals surface area contributed by atoms with Crippen LogP contribution in [0.25, 0.3) is 0 Å². The van der Waals surface area contributed by atoms with Gasteiger partial charge in [0.15, 0.2) is 0 Å². The molecule has 0 aliphatic carbocycles. The number of nitrogens with zero attached hydrogens (tertiary/aromatic N) is 2. The molecule has 7 nitrogen and oxygen atoms in total. The lowest BCUT2D eigenvalue weighted by molar-refractivity contribution is -0.114. The molecule has 0 aliphatic rings. The van der Waals surface area contributed by atoms with Gasteiger partial charge in [-0.3, -0.25) is 4.79 Å². The Morgan fingerprint density at radius 1 is 1.00 bits per heavy atom. The molecule has 0 unspecified atom stereocenters. The van der Waals surface area contributed by atoms with Crippen LogP contribution in [0.4, 0.5) is 5.13 Å². The second kappa shape index (κ2) is 7.95. The summed E-state index contributed by atoms with van der Waals surface area (Å²) in [5.74, 6) is -0.343. The molecule has 0 saturated carbocycles. The van der Waals surface area contributed by atoms with Crippen molar-refractivity contribution in [3.05, 3.63) is 71.3 Å². The van der Waals surface area contributed by atoms with Gasteiger partial charge in [-0.05, 0) is 18.1 Å². The Labute approximate surface area is 161 Å². The summed E-state index contributed by atoms with van der Waals surface area (Å²) >= 11 is 0.798. The first-order chi connectivity index (χ1) is 12.8.